The maximum atomic E-state index is 13.8. The second kappa shape index (κ2) is 10.3. The Morgan fingerprint density at radius 1 is 0.758 bits per heavy atom. The number of aryl methyl sites for hydroxylation is 4. The minimum Gasteiger partial charge on any atom is -0.340 e. The Morgan fingerprint density at radius 2 is 1.30 bits per heavy atom. The molecule has 1 amide bonds. The van der Waals surface area contributed by atoms with Gasteiger partial charge < -0.3 is 4.90 Å². The zero-order valence-electron chi connectivity index (χ0n) is 20.0. The van der Waals surface area contributed by atoms with E-state index in [4.69, 9.17) is 0 Å². The number of likely N-dealkylation sites (N-methyl/N-ethyl adjacent to an activating group) is 1. The molecule has 0 N–H and O–H groups in total. The lowest BCUT2D eigenvalue weighted by Gasteiger charge is -2.26. The summed E-state index contributed by atoms with van der Waals surface area (Å²) < 4.78 is 29.0. The highest BCUT2D eigenvalue weighted by molar-refractivity contribution is 7.89. The number of amides is 1. The van der Waals surface area contributed by atoms with Crippen molar-refractivity contribution in [1.82, 2.24) is 9.21 Å². The first kappa shape index (κ1) is 24.7. The van der Waals surface area contributed by atoms with E-state index in [1.54, 1.807) is 25.8 Å². The predicted octanol–water partition coefficient (Wildman–Crippen LogP) is 4.77. The topological polar surface area (TPSA) is 57.7 Å². The number of carbonyl (C=O) groups excluding carboxylic acids is 1. The predicted molar refractivity (Wildman–Crippen MR) is 132 cm³/mol. The zero-order chi connectivity index (χ0) is 24.2. The smallest absolute Gasteiger partial charge is 0.244 e. The third-order valence-corrected chi connectivity index (χ3v) is 7.78. The molecule has 3 aromatic rings. The van der Waals surface area contributed by atoms with Crippen LogP contribution in [0.1, 0.15) is 33.4 Å². The summed E-state index contributed by atoms with van der Waals surface area (Å²) in [6, 6.07) is 21.1. The lowest BCUT2D eigenvalue weighted by molar-refractivity contribution is -0.130. The van der Waals surface area contributed by atoms with E-state index in [-0.39, 0.29) is 23.9 Å². The molecule has 174 valence electrons. The van der Waals surface area contributed by atoms with Crippen LogP contribution in [-0.4, -0.2) is 37.1 Å². The van der Waals surface area contributed by atoms with Gasteiger partial charge >= 0.3 is 0 Å². The number of carbonyl (C=O) groups is 1. The Bertz CT molecular complexity index is 1200. The van der Waals surface area contributed by atoms with E-state index in [0.717, 1.165) is 22.3 Å². The number of benzene rings is 3. The van der Waals surface area contributed by atoms with E-state index in [1.165, 1.54) is 4.31 Å². The highest BCUT2D eigenvalue weighted by atomic mass is 32.2. The Morgan fingerprint density at radius 3 is 1.88 bits per heavy atom. The van der Waals surface area contributed by atoms with Crippen molar-refractivity contribution in [2.45, 2.75) is 45.7 Å². The third-order valence-electron chi connectivity index (χ3n) is 5.68. The molecule has 0 aromatic heterocycles. The van der Waals surface area contributed by atoms with Crippen LogP contribution in [0.2, 0.25) is 0 Å². The van der Waals surface area contributed by atoms with Gasteiger partial charge in [-0.1, -0.05) is 77.9 Å². The molecule has 0 aliphatic rings. The summed E-state index contributed by atoms with van der Waals surface area (Å²) in [5.74, 6) is -0.253. The number of sulfonamides is 1. The molecule has 33 heavy (non-hydrogen) atoms. The van der Waals surface area contributed by atoms with E-state index in [9.17, 15) is 13.2 Å². The average molecular weight is 465 g/mol. The van der Waals surface area contributed by atoms with Gasteiger partial charge in [0.25, 0.3) is 0 Å². The van der Waals surface area contributed by atoms with Crippen molar-refractivity contribution < 1.29 is 13.2 Å². The van der Waals surface area contributed by atoms with Crippen LogP contribution in [0.15, 0.2) is 71.6 Å². The van der Waals surface area contributed by atoms with Gasteiger partial charge in [0.05, 0.1) is 11.4 Å². The first-order chi connectivity index (χ1) is 15.6. The van der Waals surface area contributed by atoms with Crippen LogP contribution in [0.25, 0.3) is 0 Å². The van der Waals surface area contributed by atoms with Crippen LogP contribution < -0.4 is 0 Å². The molecule has 5 nitrogen and oxygen atoms in total. The van der Waals surface area contributed by atoms with Gasteiger partial charge in [-0.15, -0.1) is 0 Å². The number of rotatable bonds is 8. The van der Waals surface area contributed by atoms with Gasteiger partial charge in [-0.2, -0.15) is 4.31 Å². The van der Waals surface area contributed by atoms with E-state index >= 15 is 0 Å². The molecule has 0 saturated heterocycles. The monoisotopic (exact) mass is 464 g/mol. The lowest BCUT2D eigenvalue weighted by atomic mass is 10.1. The maximum Gasteiger partial charge on any atom is 0.244 e. The molecule has 0 unspecified atom stereocenters. The van der Waals surface area contributed by atoms with Gasteiger partial charge in [0.15, 0.2) is 0 Å². The van der Waals surface area contributed by atoms with Gasteiger partial charge in [-0.05, 0) is 49.9 Å². The van der Waals surface area contributed by atoms with Crippen LogP contribution in [-0.2, 0) is 27.9 Å². The van der Waals surface area contributed by atoms with Crippen LogP contribution in [0.4, 0.5) is 0 Å². The van der Waals surface area contributed by atoms with E-state index < -0.39 is 10.0 Å². The van der Waals surface area contributed by atoms with Crippen molar-refractivity contribution in [3.05, 3.63) is 100 Å². The van der Waals surface area contributed by atoms with Crippen LogP contribution >= 0.6 is 0 Å². The molecule has 0 saturated carbocycles. The summed E-state index contributed by atoms with van der Waals surface area (Å²) in [6.07, 6.45) is 0. The summed E-state index contributed by atoms with van der Waals surface area (Å²) in [5.41, 5.74) is 5.30. The van der Waals surface area contributed by atoms with Crippen molar-refractivity contribution in [2.75, 3.05) is 13.6 Å². The molecule has 0 aliphatic carbocycles. The molecule has 0 heterocycles. The zero-order valence-corrected chi connectivity index (χ0v) is 20.8. The Hall–Kier alpha value is -2.96. The summed E-state index contributed by atoms with van der Waals surface area (Å²) in [6.45, 7) is 7.86. The van der Waals surface area contributed by atoms with Gasteiger partial charge in [0.2, 0.25) is 15.9 Å². The molecule has 0 radical (unpaired) electrons. The summed E-state index contributed by atoms with van der Waals surface area (Å²) in [4.78, 5) is 15.0. The van der Waals surface area contributed by atoms with Crippen molar-refractivity contribution in [1.29, 1.82) is 0 Å². The Labute approximate surface area is 197 Å². The first-order valence-electron chi connectivity index (χ1n) is 11.0. The number of hydrogen-bond acceptors (Lipinski definition) is 3. The molecule has 0 fully saturated rings. The van der Waals surface area contributed by atoms with Crippen molar-refractivity contribution in [3.8, 4) is 0 Å². The fourth-order valence-electron chi connectivity index (χ4n) is 4.04. The Balaban J connectivity index is 1.93. The second-order valence-corrected chi connectivity index (χ2v) is 10.6. The quantitative estimate of drug-likeness (QED) is 0.483. The molecule has 3 rings (SSSR count). The van der Waals surface area contributed by atoms with Gasteiger partial charge in [0, 0.05) is 20.1 Å². The molecule has 3 aromatic carbocycles. The second-order valence-electron chi connectivity index (χ2n) is 8.72. The van der Waals surface area contributed by atoms with Crippen LogP contribution in [0.3, 0.4) is 0 Å². The minimum absolute atomic E-state index is 0.125. The van der Waals surface area contributed by atoms with Gasteiger partial charge in [-0.25, -0.2) is 8.42 Å². The normalized spacial score (nSPS) is 11.6. The van der Waals surface area contributed by atoms with Crippen LogP contribution in [0, 0.1) is 27.7 Å². The summed E-state index contributed by atoms with van der Waals surface area (Å²) in [7, 11) is -2.20. The van der Waals surface area contributed by atoms with Crippen LogP contribution in [0.5, 0.6) is 0 Å². The number of hydrogen-bond donors (Lipinski definition) is 0. The van der Waals surface area contributed by atoms with Crippen molar-refractivity contribution in [2.24, 2.45) is 0 Å². The van der Waals surface area contributed by atoms with E-state index in [1.807, 2.05) is 80.6 Å². The molecule has 6 heteroatoms. The standard InChI is InChI=1S/C27H32N2O3S/c1-20-11-13-25(14-12-20)18-29(19-26(30)28(5)17-24-9-7-6-8-10-24)33(31,32)27-22(3)15-21(2)16-23(27)4/h6-16H,17-19H2,1-5H3. The molecule has 0 atom stereocenters. The summed E-state index contributed by atoms with van der Waals surface area (Å²) in [5, 5.41) is 0. The minimum atomic E-state index is -3.90. The largest absolute Gasteiger partial charge is 0.340 e. The fraction of sp³-hybridized carbons (Fsp3) is 0.296. The van der Waals surface area contributed by atoms with Crippen molar-refractivity contribution >= 4 is 15.9 Å². The SMILES string of the molecule is Cc1ccc(CN(CC(=O)N(C)Cc2ccccc2)S(=O)(=O)c2c(C)cc(C)cc2C)cc1. The van der Waals surface area contributed by atoms with E-state index in [2.05, 4.69) is 0 Å². The van der Waals surface area contributed by atoms with E-state index in [0.29, 0.717) is 17.7 Å². The average Bonchev–Trinajstić information content (AvgIpc) is 2.74. The Kier molecular flexibility index (Phi) is 7.72. The third kappa shape index (κ3) is 6.09. The van der Waals surface area contributed by atoms with Crippen molar-refractivity contribution in [3.63, 3.8) is 0 Å². The molecule has 0 spiro atoms. The highest BCUT2D eigenvalue weighted by Crippen LogP contribution is 2.26. The molecule has 0 bridgehead atoms. The fourth-order valence-corrected chi connectivity index (χ4v) is 5.83. The lowest BCUT2D eigenvalue weighted by Crippen LogP contribution is -2.41. The maximum absolute atomic E-state index is 13.8. The van der Waals surface area contributed by atoms with Gasteiger partial charge in [-0.3, -0.25) is 4.79 Å². The molecular formula is C27H32N2O3S. The molecular weight excluding hydrogens is 432 g/mol. The number of nitrogens with zero attached hydrogens (tertiary/aromatic N) is 2. The van der Waals surface area contributed by atoms with Gasteiger partial charge in [0.1, 0.15) is 0 Å². The molecule has 0 aliphatic heterocycles. The summed E-state index contributed by atoms with van der Waals surface area (Å²) >= 11 is 0. The first-order valence-corrected chi connectivity index (χ1v) is 12.4. The highest BCUT2D eigenvalue weighted by Gasteiger charge is 2.30.